The Morgan fingerprint density at radius 2 is 1.26 bits per heavy atom. The Morgan fingerprint density at radius 1 is 0.741 bits per heavy atom. The van der Waals surface area contributed by atoms with Gasteiger partial charge in [-0.25, -0.2) is 4.98 Å². The molecule has 4 rings (SSSR count). The molecular formula is C23H17ClN2O. The summed E-state index contributed by atoms with van der Waals surface area (Å²) in [6.07, 6.45) is 0. The Bertz CT molecular complexity index is 1110. The lowest BCUT2D eigenvalue weighted by molar-refractivity contribution is 0.761. The van der Waals surface area contributed by atoms with Crippen molar-refractivity contribution in [2.75, 3.05) is 0 Å². The highest BCUT2D eigenvalue weighted by Gasteiger charge is 2.18. The number of aromatic nitrogens is 2. The second-order valence-corrected chi connectivity index (χ2v) is 6.57. The monoisotopic (exact) mass is 372 g/mol. The number of rotatable bonds is 4. The normalized spacial score (nSPS) is 10.7. The van der Waals surface area contributed by atoms with Crippen LogP contribution >= 0.6 is 11.6 Å². The fourth-order valence-corrected chi connectivity index (χ4v) is 3.41. The summed E-state index contributed by atoms with van der Waals surface area (Å²) in [5.74, 6) is 0. The van der Waals surface area contributed by atoms with Crippen molar-refractivity contribution in [1.29, 1.82) is 0 Å². The standard InChI is InChI=1S/C23H17ClN2O/c24-22-21(19-14-8-3-9-15-19)26(16-17-10-4-1-5-11-17)23(27)20(25-22)18-12-6-2-7-13-18/h1-15H,16H2. The van der Waals surface area contributed by atoms with Gasteiger partial charge in [0.2, 0.25) is 0 Å². The zero-order valence-corrected chi connectivity index (χ0v) is 15.3. The maximum atomic E-state index is 13.4. The fraction of sp³-hybridized carbons (Fsp3) is 0.0435. The molecule has 0 fully saturated rings. The Labute approximate surface area is 162 Å². The zero-order valence-electron chi connectivity index (χ0n) is 14.5. The Morgan fingerprint density at radius 3 is 1.85 bits per heavy atom. The van der Waals surface area contributed by atoms with Crippen molar-refractivity contribution in [1.82, 2.24) is 9.55 Å². The first-order valence-corrected chi connectivity index (χ1v) is 9.07. The van der Waals surface area contributed by atoms with E-state index >= 15 is 0 Å². The summed E-state index contributed by atoms with van der Waals surface area (Å²) in [6, 6.07) is 29.0. The van der Waals surface area contributed by atoms with E-state index in [1.807, 2.05) is 91.0 Å². The van der Waals surface area contributed by atoms with Crippen LogP contribution in [0.2, 0.25) is 5.15 Å². The molecule has 0 saturated carbocycles. The number of hydrogen-bond acceptors (Lipinski definition) is 2. The highest BCUT2D eigenvalue weighted by molar-refractivity contribution is 6.32. The van der Waals surface area contributed by atoms with Crippen LogP contribution in [0.5, 0.6) is 0 Å². The van der Waals surface area contributed by atoms with Crippen LogP contribution in [0, 0.1) is 0 Å². The second-order valence-electron chi connectivity index (χ2n) is 6.21. The van der Waals surface area contributed by atoms with E-state index in [-0.39, 0.29) is 5.56 Å². The summed E-state index contributed by atoms with van der Waals surface area (Å²) in [6.45, 7) is 0.423. The SMILES string of the molecule is O=c1c(-c2ccccc2)nc(Cl)c(-c2ccccc2)n1Cc1ccccc1. The van der Waals surface area contributed by atoms with Crippen LogP contribution in [0.15, 0.2) is 95.8 Å². The number of nitrogens with zero attached hydrogens (tertiary/aromatic N) is 2. The summed E-state index contributed by atoms with van der Waals surface area (Å²) < 4.78 is 1.71. The summed E-state index contributed by atoms with van der Waals surface area (Å²) in [5, 5.41) is 0.315. The molecule has 4 heteroatoms. The molecule has 0 N–H and O–H groups in total. The van der Waals surface area contributed by atoms with Crippen LogP contribution in [0.25, 0.3) is 22.5 Å². The third-order valence-electron chi connectivity index (χ3n) is 4.40. The third-order valence-corrected chi connectivity index (χ3v) is 4.66. The highest BCUT2D eigenvalue weighted by Crippen LogP contribution is 2.28. The van der Waals surface area contributed by atoms with E-state index in [2.05, 4.69) is 4.98 Å². The Hall–Kier alpha value is -3.17. The van der Waals surface area contributed by atoms with Gasteiger partial charge in [0.25, 0.3) is 5.56 Å². The maximum Gasteiger partial charge on any atom is 0.277 e. The van der Waals surface area contributed by atoms with Gasteiger partial charge in [0.15, 0.2) is 5.15 Å². The molecule has 1 aromatic heterocycles. The van der Waals surface area contributed by atoms with Crippen LogP contribution in [-0.4, -0.2) is 9.55 Å². The molecule has 0 radical (unpaired) electrons. The minimum Gasteiger partial charge on any atom is -0.299 e. The summed E-state index contributed by atoms with van der Waals surface area (Å²) in [5.41, 5.74) is 3.47. The maximum absolute atomic E-state index is 13.4. The molecule has 0 spiro atoms. The van der Waals surface area contributed by atoms with Gasteiger partial charge in [0.05, 0.1) is 12.2 Å². The first-order chi connectivity index (χ1) is 13.2. The van der Waals surface area contributed by atoms with Crippen LogP contribution in [0.3, 0.4) is 0 Å². The Kier molecular flexibility index (Phi) is 4.86. The van der Waals surface area contributed by atoms with Gasteiger partial charge in [-0.05, 0) is 5.56 Å². The van der Waals surface area contributed by atoms with Gasteiger partial charge in [0.1, 0.15) is 5.69 Å². The van der Waals surface area contributed by atoms with E-state index in [4.69, 9.17) is 11.6 Å². The summed E-state index contributed by atoms with van der Waals surface area (Å²) >= 11 is 6.59. The van der Waals surface area contributed by atoms with Crippen molar-refractivity contribution in [3.8, 4) is 22.5 Å². The molecule has 0 saturated heterocycles. The van der Waals surface area contributed by atoms with Crippen molar-refractivity contribution in [3.63, 3.8) is 0 Å². The molecule has 132 valence electrons. The molecule has 0 bridgehead atoms. The average Bonchev–Trinajstić information content (AvgIpc) is 2.72. The lowest BCUT2D eigenvalue weighted by Crippen LogP contribution is -2.26. The summed E-state index contributed by atoms with van der Waals surface area (Å²) in [4.78, 5) is 17.8. The fourth-order valence-electron chi connectivity index (χ4n) is 3.11. The van der Waals surface area contributed by atoms with Gasteiger partial charge < -0.3 is 0 Å². The van der Waals surface area contributed by atoms with E-state index in [1.54, 1.807) is 4.57 Å². The molecule has 4 aromatic rings. The first kappa shape index (κ1) is 17.3. The molecule has 0 amide bonds. The molecule has 27 heavy (non-hydrogen) atoms. The lowest BCUT2D eigenvalue weighted by Gasteiger charge is -2.16. The minimum absolute atomic E-state index is 0.159. The van der Waals surface area contributed by atoms with Gasteiger partial charge in [-0.2, -0.15) is 0 Å². The van der Waals surface area contributed by atoms with Crippen molar-refractivity contribution in [3.05, 3.63) is 112 Å². The van der Waals surface area contributed by atoms with E-state index in [1.165, 1.54) is 0 Å². The van der Waals surface area contributed by atoms with Gasteiger partial charge in [-0.15, -0.1) is 0 Å². The lowest BCUT2D eigenvalue weighted by atomic mass is 10.1. The predicted molar refractivity (Wildman–Crippen MR) is 110 cm³/mol. The van der Waals surface area contributed by atoms with Crippen molar-refractivity contribution in [2.45, 2.75) is 6.54 Å². The van der Waals surface area contributed by atoms with Gasteiger partial charge >= 0.3 is 0 Å². The van der Waals surface area contributed by atoms with E-state index < -0.39 is 0 Å². The first-order valence-electron chi connectivity index (χ1n) is 8.69. The molecule has 0 atom stereocenters. The molecule has 0 aliphatic heterocycles. The molecule has 3 aromatic carbocycles. The number of halogens is 1. The van der Waals surface area contributed by atoms with E-state index in [0.717, 1.165) is 16.7 Å². The van der Waals surface area contributed by atoms with Crippen molar-refractivity contribution < 1.29 is 0 Å². The Balaban J connectivity index is 1.96. The zero-order chi connectivity index (χ0) is 18.6. The number of hydrogen-bond donors (Lipinski definition) is 0. The summed E-state index contributed by atoms with van der Waals surface area (Å²) in [7, 11) is 0. The van der Waals surface area contributed by atoms with Crippen LogP contribution in [0.1, 0.15) is 5.56 Å². The molecule has 0 aliphatic carbocycles. The van der Waals surface area contributed by atoms with Crippen molar-refractivity contribution in [2.24, 2.45) is 0 Å². The third kappa shape index (κ3) is 3.55. The smallest absolute Gasteiger partial charge is 0.277 e. The van der Waals surface area contributed by atoms with Gasteiger partial charge in [-0.1, -0.05) is 103 Å². The van der Waals surface area contributed by atoms with Crippen molar-refractivity contribution >= 4 is 11.6 Å². The number of benzene rings is 3. The van der Waals surface area contributed by atoms with Crippen LogP contribution in [-0.2, 0) is 6.54 Å². The molecule has 3 nitrogen and oxygen atoms in total. The quantitative estimate of drug-likeness (QED) is 0.488. The van der Waals surface area contributed by atoms with E-state index in [0.29, 0.717) is 23.1 Å². The van der Waals surface area contributed by atoms with Gasteiger partial charge in [-0.3, -0.25) is 9.36 Å². The van der Waals surface area contributed by atoms with Crippen LogP contribution in [0.4, 0.5) is 0 Å². The molecule has 1 heterocycles. The molecule has 0 unspecified atom stereocenters. The molecular weight excluding hydrogens is 356 g/mol. The van der Waals surface area contributed by atoms with E-state index in [9.17, 15) is 4.79 Å². The minimum atomic E-state index is -0.159. The second kappa shape index (κ2) is 7.60. The largest absolute Gasteiger partial charge is 0.299 e. The highest BCUT2D eigenvalue weighted by atomic mass is 35.5. The average molecular weight is 373 g/mol. The van der Waals surface area contributed by atoms with Gasteiger partial charge in [0, 0.05) is 11.1 Å². The van der Waals surface area contributed by atoms with Crippen LogP contribution < -0.4 is 5.56 Å². The topological polar surface area (TPSA) is 34.9 Å². The predicted octanol–water partition coefficient (Wildman–Crippen LogP) is 5.28. The molecule has 0 aliphatic rings.